The van der Waals surface area contributed by atoms with Crippen molar-refractivity contribution in [3.05, 3.63) is 23.2 Å². The van der Waals surface area contributed by atoms with Crippen LogP contribution in [0.1, 0.15) is 64.0 Å². The van der Waals surface area contributed by atoms with Crippen molar-refractivity contribution in [2.24, 2.45) is 17.3 Å². The second kappa shape index (κ2) is 5.84. The molecule has 1 saturated heterocycles. The molecule has 0 N–H and O–H groups in total. The Morgan fingerprint density at radius 1 is 1.30 bits per heavy atom. The maximum absolute atomic E-state index is 12.6. The molecular formula is C21H28O6. The fourth-order valence-electron chi connectivity index (χ4n) is 5.26. The number of fused-ring (bicyclic) bond motifs is 1. The fourth-order valence-corrected chi connectivity index (χ4v) is 5.26. The van der Waals surface area contributed by atoms with E-state index in [4.69, 9.17) is 18.6 Å². The van der Waals surface area contributed by atoms with E-state index in [1.165, 1.54) is 6.92 Å². The first-order valence-electron chi connectivity index (χ1n) is 9.74. The predicted octanol–water partition coefficient (Wildman–Crippen LogP) is 3.50. The molecule has 1 aliphatic heterocycles. The van der Waals surface area contributed by atoms with Gasteiger partial charge in [0.05, 0.1) is 18.3 Å². The molecule has 2 fully saturated rings. The first-order valence-corrected chi connectivity index (χ1v) is 9.74. The van der Waals surface area contributed by atoms with E-state index in [9.17, 15) is 9.59 Å². The van der Waals surface area contributed by atoms with E-state index in [-0.39, 0.29) is 36.0 Å². The number of rotatable bonds is 3. The first-order chi connectivity index (χ1) is 12.6. The highest BCUT2D eigenvalue weighted by Gasteiger charge is 2.78. The number of epoxide rings is 1. The van der Waals surface area contributed by atoms with Crippen LogP contribution in [0, 0.1) is 24.2 Å². The molecule has 2 aliphatic carbocycles. The third kappa shape index (κ3) is 2.42. The standard InChI is InChI=1S/C21H28O6/c1-10(2)19(23)26-18-17-11(3)9-24-15(17)8-21-16(27-21)7-14(25-13(5)22)12(4)20(18,21)6/h9-10,12,14,16,18H,7-8H2,1-6H3. The maximum Gasteiger partial charge on any atom is 0.309 e. The zero-order chi connectivity index (χ0) is 19.7. The van der Waals surface area contributed by atoms with E-state index in [1.54, 1.807) is 6.26 Å². The molecule has 1 spiro atoms. The number of furan rings is 1. The van der Waals surface area contributed by atoms with E-state index < -0.39 is 17.1 Å². The lowest BCUT2D eigenvalue weighted by Crippen LogP contribution is -2.59. The average molecular weight is 376 g/mol. The Morgan fingerprint density at radius 3 is 2.63 bits per heavy atom. The molecule has 148 valence electrons. The normalized spacial score (nSPS) is 39.2. The summed E-state index contributed by atoms with van der Waals surface area (Å²) in [7, 11) is 0. The zero-order valence-electron chi connectivity index (χ0n) is 16.8. The van der Waals surface area contributed by atoms with Crippen LogP contribution in [0.25, 0.3) is 0 Å². The molecule has 0 aromatic carbocycles. The van der Waals surface area contributed by atoms with Crippen LogP contribution >= 0.6 is 0 Å². The molecule has 1 saturated carbocycles. The van der Waals surface area contributed by atoms with Crippen molar-refractivity contribution in [2.75, 3.05) is 0 Å². The predicted molar refractivity (Wildman–Crippen MR) is 95.9 cm³/mol. The van der Waals surface area contributed by atoms with Crippen molar-refractivity contribution in [2.45, 2.75) is 78.3 Å². The molecule has 1 aromatic heterocycles. The van der Waals surface area contributed by atoms with Gasteiger partial charge in [-0.15, -0.1) is 0 Å². The SMILES string of the molecule is CC(=O)OC1CC2OC23Cc2occ(C)c2C(OC(=O)C(C)C)C3(C)C1C. The molecule has 6 atom stereocenters. The third-order valence-electron chi connectivity index (χ3n) is 7.03. The average Bonchev–Trinajstić information content (AvgIpc) is 3.16. The summed E-state index contributed by atoms with van der Waals surface area (Å²) >= 11 is 0. The molecular weight excluding hydrogens is 348 g/mol. The van der Waals surface area contributed by atoms with Gasteiger partial charge >= 0.3 is 11.9 Å². The number of hydrogen-bond donors (Lipinski definition) is 0. The monoisotopic (exact) mass is 376 g/mol. The van der Waals surface area contributed by atoms with E-state index in [2.05, 4.69) is 13.8 Å². The van der Waals surface area contributed by atoms with Crippen LogP contribution in [0.4, 0.5) is 0 Å². The highest BCUT2D eigenvalue weighted by Crippen LogP contribution is 2.70. The Bertz CT molecular complexity index is 795. The summed E-state index contributed by atoms with van der Waals surface area (Å²) in [5.74, 6) is 0.0279. The van der Waals surface area contributed by atoms with Crippen molar-refractivity contribution in [1.82, 2.24) is 0 Å². The van der Waals surface area contributed by atoms with Crippen LogP contribution in [0.3, 0.4) is 0 Å². The Morgan fingerprint density at radius 2 is 2.00 bits per heavy atom. The maximum atomic E-state index is 12.6. The fraction of sp³-hybridized carbons (Fsp3) is 0.714. The second-order valence-electron chi connectivity index (χ2n) is 8.85. The van der Waals surface area contributed by atoms with Crippen LogP contribution in [0.2, 0.25) is 0 Å². The minimum absolute atomic E-state index is 0.0261. The molecule has 6 nitrogen and oxygen atoms in total. The summed E-state index contributed by atoms with van der Waals surface area (Å²) < 4.78 is 23.8. The molecule has 1 aromatic rings. The Labute approximate surface area is 159 Å². The van der Waals surface area contributed by atoms with Crippen molar-refractivity contribution in [3.63, 3.8) is 0 Å². The van der Waals surface area contributed by atoms with Crippen molar-refractivity contribution >= 4 is 11.9 Å². The Kier molecular flexibility index (Phi) is 4.01. The van der Waals surface area contributed by atoms with Gasteiger partial charge in [0.15, 0.2) is 0 Å². The summed E-state index contributed by atoms with van der Waals surface area (Å²) in [6.45, 7) is 11.2. The van der Waals surface area contributed by atoms with Crippen molar-refractivity contribution in [1.29, 1.82) is 0 Å². The van der Waals surface area contributed by atoms with Gasteiger partial charge in [0.1, 0.15) is 23.6 Å². The van der Waals surface area contributed by atoms with Gasteiger partial charge in [-0.1, -0.05) is 27.7 Å². The third-order valence-corrected chi connectivity index (χ3v) is 7.03. The molecule has 3 aliphatic rings. The van der Waals surface area contributed by atoms with Gasteiger partial charge < -0.3 is 18.6 Å². The van der Waals surface area contributed by atoms with Crippen LogP contribution in [0.5, 0.6) is 0 Å². The zero-order valence-corrected chi connectivity index (χ0v) is 16.8. The summed E-state index contributed by atoms with van der Waals surface area (Å²) in [6, 6.07) is 0. The molecule has 0 radical (unpaired) electrons. The minimum atomic E-state index is -0.512. The second-order valence-corrected chi connectivity index (χ2v) is 8.85. The van der Waals surface area contributed by atoms with Crippen LogP contribution in [-0.4, -0.2) is 29.7 Å². The van der Waals surface area contributed by atoms with Crippen LogP contribution in [-0.2, 0) is 30.2 Å². The van der Waals surface area contributed by atoms with Gasteiger partial charge in [0.2, 0.25) is 0 Å². The van der Waals surface area contributed by atoms with Gasteiger partial charge in [-0.25, -0.2) is 0 Å². The lowest BCUT2D eigenvalue weighted by molar-refractivity contribution is -0.185. The molecule has 0 amide bonds. The number of hydrogen-bond acceptors (Lipinski definition) is 6. The number of aryl methyl sites for hydroxylation is 1. The minimum Gasteiger partial charge on any atom is -0.469 e. The number of carbonyl (C=O) groups excluding carboxylic acids is 2. The summed E-state index contributed by atoms with van der Waals surface area (Å²) in [4.78, 5) is 24.2. The molecule has 2 heterocycles. The number of ether oxygens (including phenoxy) is 3. The van der Waals surface area contributed by atoms with E-state index >= 15 is 0 Å². The smallest absolute Gasteiger partial charge is 0.309 e. The Hall–Kier alpha value is -1.82. The lowest BCUT2D eigenvalue weighted by Gasteiger charge is -2.52. The van der Waals surface area contributed by atoms with E-state index in [0.717, 1.165) is 16.9 Å². The summed E-state index contributed by atoms with van der Waals surface area (Å²) in [5, 5.41) is 0. The lowest BCUT2D eigenvalue weighted by atomic mass is 9.53. The van der Waals surface area contributed by atoms with Gasteiger partial charge in [-0.3, -0.25) is 9.59 Å². The first kappa shape index (κ1) is 18.5. The Balaban J connectivity index is 1.81. The van der Waals surface area contributed by atoms with Crippen LogP contribution in [0.15, 0.2) is 10.7 Å². The topological polar surface area (TPSA) is 78.3 Å². The number of carbonyl (C=O) groups is 2. The quantitative estimate of drug-likeness (QED) is 0.593. The number of esters is 2. The van der Waals surface area contributed by atoms with Gasteiger partial charge in [0.25, 0.3) is 0 Å². The highest BCUT2D eigenvalue weighted by molar-refractivity contribution is 5.72. The van der Waals surface area contributed by atoms with Gasteiger partial charge in [-0.05, 0) is 12.5 Å². The molecule has 27 heavy (non-hydrogen) atoms. The highest BCUT2D eigenvalue weighted by atomic mass is 16.6. The van der Waals surface area contributed by atoms with Gasteiger partial charge in [0, 0.05) is 36.7 Å². The molecule has 4 rings (SSSR count). The van der Waals surface area contributed by atoms with Crippen molar-refractivity contribution < 1.29 is 28.2 Å². The molecule has 6 heteroatoms. The van der Waals surface area contributed by atoms with E-state index in [1.807, 2.05) is 20.8 Å². The van der Waals surface area contributed by atoms with Gasteiger partial charge in [-0.2, -0.15) is 0 Å². The molecule has 0 bridgehead atoms. The van der Waals surface area contributed by atoms with Crippen LogP contribution < -0.4 is 0 Å². The van der Waals surface area contributed by atoms with E-state index in [0.29, 0.717) is 12.8 Å². The largest absolute Gasteiger partial charge is 0.469 e. The summed E-state index contributed by atoms with van der Waals surface area (Å²) in [5.41, 5.74) is 0.966. The van der Waals surface area contributed by atoms with Crippen molar-refractivity contribution in [3.8, 4) is 0 Å². The molecule has 6 unspecified atom stereocenters. The summed E-state index contributed by atoms with van der Waals surface area (Å²) in [6.07, 6.45) is 2.27.